The van der Waals surface area contributed by atoms with Gasteiger partial charge in [0.25, 0.3) is 0 Å². The number of methoxy groups -OCH3 is 1. The van der Waals surface area contributed by atoms with Crippen molar-refractivity contribution in [1.29, 1.82) is 0 Å². The highest BCUT2D eigenvalue weighted by atomic mass is 35.5. The van der Waals surface area contributed by atoms with E-state index in [1.807, 2.05) is 31.2 Å². The van der Waals surface area contributed by atoms with Gasteiger partial charge in [0.15, 0.2) is 5.84 Å². The Balaban J connectivity index is 1.64. The minimum atomic E-state index is -0.795. The maximum atomic E-state index is 12.2. The van der Waals surface area contributed by atoms with E-state index in [9.17, 15) is 4.79 Å². The number of furan rings is 1. The molecule has 150 valence electrons. The van der Waals surface area contributed by atoms with Gasteiger partial charge < -0.3 is 24.5 Å². The standard InChI is InChI=1S/C21H19ClN2O5/c1-13-5-3-4-6-17(13)27-12-15-8-10-19(28-15)21(25)29-24-20(23)16-11-14(22)7-9-18(16)26-2/h3-11H,12H2,1-2H3,(H2,23,24). The predicted molar refractivity (Wildman–Crippen MR) is 108 cm³/mol. The van der Waals surface area contributed by atoms with Crippen LogP contribution >= 0.6 is 11.6 Å². The fraction of sp³-hybridized carbons (Fsp3) is 0.143. The molecule has 0 atom stereocenters. The van der Waals surface area contributed by atoms with Crippen molar-refractivity contribution in [2.45, 2.75) is 13.5 Å². The van der Waals surface area contributed by atoms with Gasteiger partial charge >= 0.3 is 5.97 Å². The number of para-hydroxylation sites is 1. The van der Waals surface area contributed by atoms with Gasteiger partial charge in [0.1, 0.15) is 23.9 Å². The Bertz CT molecular complexity index is 1050. The Morgan fingerprint density at radius 3 is 2.69 bits per heavy atom. The summed E-state index contributed by atoms with van der Waals surface area (Å²) in [5, 5.41) is 4.09. The summed E-state index contributed by atoms with van der Waals surface area (Å²) in [5.74, 6) is 0.765. The van der Waals surface area contributed by atoms with Crippen LogP contribution in [-0.4, -0.2) is 18.9 Å². The highest BCUT2D eigenvalue weighted by Crippen LogP contribution is 2.23. The van der Waals surface area contributed by atoms with E-state index in [1.165, 1.54) is 13.2 Å². The van der Waals surface area contributed by atoms with Gasteiger partial charge in [0.2, 0.25) is 5.76 Å². The lowest BCUT2D eigenvalue weighted by Gasteiger charge is -2.07. The number of benzene rings is 2. The van der Waals surface area contributed by atoms with Crippen molar-refractivity contribution in [3.63, 3.8) is 0 Å². The molecule has 0 unspecified atom stereocenters. The Morgan fingerprint density at radius 1 is 1.14 bits per heavy atom. The first-order chi connectivity index (χ1) is 14.0. The highest BCUT2D eigenvalue weighted by Gasteiger charge is 2.15. The fourth-order valence-corrected chi connectivity index (χ4v) is 2.67. The van der Waals surface area contributed by atoms with E-state index in [2.05, 4.69) is 5.16 Å². The molecule has 0 saturated heterocycles. The predicted octanol–water partition coefficient (Wildman–Crippen LogP) is 4.31. The van der Waals surface area contributed by atoms with Crippen LogP contribution in [0.4, 0.5) is 0 Å². The lowest BCUT2D eigenvalue weighted by Crippen LogP contribution is -2.16. The molecule has 3 rings (SSSR count). The first-order valence-corrected chi connectivity index (χ1v) is 9.01. The zero-order valence-corrected chi connectivity index (χ0v) is 16.6. The molecule has 8 heteroatoms. The van der Waals surface area contributed by atoms with Crippen LogP contribution in [0.1, 0.15) is 27.4 Å². The number of rotatable bonds is 7. The van der Waals surface area contributed by atoms with Gasteiger partial charge in [0.05, 0.1) is 12.7 Å². The molecular weight excluding hydrogens is 396 g/mol. The second kappa shape index (κ2) is 9.16. The number of amidine groups is 1. The first kappa shape index (κ1) is 20.3. The summed E-state index contributed by atoms with van der Waals surface area (Å²) in [6.07, 6.45) is 0. The van der Waals surface area contributed by atoms with Gasteiger partial charge in [-0.25, -0.2) is 4.79 Å². The molecule has 0 aliphatic heterocycles. The minimum Gasteiger partial charge on any atom is -0.496 e. The summed E-state index contributed by atoms with van der Waals surface area (Å²) in [5.41, 5.74) is 7.28. The van der Waals surface area contributed by atoms with Crippen LogP contribution in [-0.2, 0) is 11.4 Å². The number of ether oxygens (including phenoxy) is 2. The lowest BCUT2D eigenvalue weighted by molar-refractivity contribution is 0.0475. The zero-order valence-electron chi connectivity index (χ0n) is 15.8. The van der Waals surface area contributed by atoms with E-state index in [1.54, 1.807) is 24.3 Å². The third kappa shape index (κ3) is 5.08. The summed E-state index contributed by atoms with van der Waals surface area (Å²) in [7, 11) is 1.48. The molecule has 0 fully saturated rings. The molecule has 7 nitrogen and oxygen atoms in total. The van der Waals surface area contributed by atoms with Crippen molar-refractivity contribution in [2.24, 2.45) is 10.9 Å². The van der Waals surface area contributed by atoms with E-state index < -0.39 is 5.97 Å². The van der Waals surface area contributed by atoms with Gasteiger partial charge in [-0.15, -0.1) is 0 Å². The van der Waals surface area contributed by atoms with Crippen LogP contribution in [0.25, 0.3) is 0 Å². The Hall–Kier alpha value is -3.45. The average molecular weight is 415 g/mol. The maximum absolute atomic E-state index is 12.2. The lowest BCUT2D eigenvalue weighted by atomic mass is 10.2. The zero-order chi connectivity index (χ0) is 20.8. The summed E-state index contributed by atoms with van der Waals surface area (Å²) in [6.45, 7) is 2.11. The van der Waals surface area contributed by atoms with Crippen molar-refractivity contribution >= 4 is 23.4 Å². The second-order valence-corrected chi connectivity index (χ2v) is 6.46. The van der Waals surface area contributed by atoms with E-state index in [0.717, 1.165) is 11.3 Å². The topological polar surface area (TPSA) is 96.3 Å². The molecule has 0 aliphatic carbocycles. The quantitative estimate of drug-likeness (QED) is 0.268. The molecule has 1 heterocycles. The Kier molecular flexibility index (Phi) is 6.41. The van der Waals surface area contributed by atoms with Gasteiger partial charge in [-0.1, -0.05) is 35.0 Å². The summed E-state index contributed by atoms with van der Waals surface area (Å²) in [4.78, 5) is 17.0. The van der Waals surface area contributed by atoms with E-state index in [4.69, 9.17) is 36.1 Å². The van der Waals surface area contributed by atoms with Gasteiger partial charge in [-0.3, -0.25) is 0 Å². The van der Waals surface area contributed by atoms with E-state index in [-0.39, 0.29) is 18.2 Å². The number of nitrogens with zero attached hydrogens (tertiary/aromatic N) is 1. The number of hydrogen-bond acceptors (Lipinski definition) is 6. The summed E-state index contributed by atoms with van der Waals surface area (Å²) in [6, 6.07) is 15.5. The summed E-state index contributed by atoms with van der Waals surface area (Å²) >= 11 is 5.96. The number of carbonyl (C=O) groups excluding carboxylic acids is 1. The Labute approximate surface area is 172 Å². The molecule has 29 heavy (non-hydrogen) atoms. The fourth-order valence-electron chi connectivity index (χ4n) is 2.50. The van der Waals surface area contributed by atoms with Crippen molar-refractivity contribution in [3.05, 3.63) is 82.3 Å². The van der Waals surface area contributed by atoms with E-state index in [0.29, 0.717) is 22.1 Å². The molecule has 1 aromatic heterocycles. The monoisotopic (exact) mass is 414 g/mol. The Morgan fingerprint density at radius 2 is 1.93 bits per heavy atom. The van der Waals surface area contributed by atoms with Crippen molar-refractivity contribution in [2.75, 3.05) is 7.11 Å². The van der Waals surface area contributed by atoms with Crippen LogP contribution in [0.15, 0.2) is 64.2 Å². The number of carbonyl (C=O) groups is 1. The van der Waals surface area contributed by atoms with Gasteiger partial charge in [-0.2, -0.15) is 0 Å². The molecule has 0 amide bonds. The number of nitrogens with two attached hydrogens (primary N) is 1. The smallest absolute Gasteiger partial charge is 0.400 e. The van der Waals surface area contributed by atoms with Crippen LogP contribution in [0.5, 0.6) is 11.5 Å². The van der Waals surface area contributed by atoms with E-state index >= 15 is 0 Å². The van der Waals surface area contributed by atoms with Crippen molar-refractivity contribution in [1.82, 2.24) is 0 Å². The van der Waals surface area contributed by atoms with Crippen LogP contribution in [0.3, 0.4) is 0 Å². The molecule has 2 aromatic carbocycles. The molecule has 3 aromatic rings. The number of hydrogen-bond donors (Lipinski definition) is 1. The molecule has 2 N–H and O–H groups in total. The first-order valence-electron chi connectivity index (χ1n) is 8.64. The number of halogens is 1. The molecule has 0 radical (unpaired) electrons. The van der Waals surface area contributed by atoms with Crippen molar-refractivity contribution < 1.29 is 23.5 Å². The molecule has 0 spiro atoms. The SMILES string of the molecule is COc1ccc(Cl)cc1/C(N)=N/OC(=O)c1ccc(COc2ccccc2C)o1. The summed E-state index contributed by atoms with van der Waals surface area (Å²) < 4.78 is 16.3. The average Bonchev–Trinajstić information content (AvgIpc) is 3.20. The number of oxime groups is 1. The minimum absolute atomic E-state index is 0.0250. The molecule has 0 bridgehead atoms. The van der Waals surface area contributed by atoms with Crippen LogP contribution in [0, 0.1) is 6.92 Å². The maximum Gasteiger partial charge on any atom is 0.400 e. The van der Waals surface area contributed by atoms with Crippen molar-refractivity contribution in [3.8, 4) is 11.5 Å². The molecule has 0 aliphatic rings. The molecular formula is C21H19ClN2O5. The largest absolute Gasteiger partial charge is 0.496 e. The normalized spacial score (nSPS) is 11.2. The third-order valence-corrected chi connectivity index (χ3v) is 4.23. The van der Waals surface area contributed by atoms with Crippen LogP contribution in [0.2, 0.25) is 5.02 Å². The highest BCUT2D eigenvalue weighted by molar-refractivity contribution is 6.31. The van der Waals surface area contributed by atoms with Gasteiger partial charge in [-0.05, 0) is 48.9 Å². The molecule has 0 saturated carbocycles. The third-order valence-electron chi connectivity index (χ3n) is 3.99. The number of aryl methyl sites for hydroxylation is 1. The van der Waals surface area contributed by atoms with Gasteiger partial charge in [0, 0.05) is 5.02 Å². The van der Waals surface area contributed by atoms with Crippen LogP contribution < -0.4 is 15.2 Å². The second-order valence-electron chi connectivity index (χ2n) is 6.02.